The summed E-state index contributed by atoms with van der Waals surface area (Å²) in [6.45, 7) is 4.34. The Bertz CT molecular complexity index is 1940. The molecule has 0 saturated carbocycles. The highest BCUT2D eigenvalue weighted by Gasteiger charge is 2.54. The van der Waals surface area contributed by atoms with Crippen LogP contribution >= 0.6 is 0 Å². The molecular formula is C34H38FN9O3. The van der Waals surface area contributed by atoms with Crippen LogP contribution in [0.25, 0.3) is 22.6 Å². The van der Waals surface area contributed by atoms with Gasteiger partial charge in [0.1, 0.15) is 23.7 Å². The molecule has 47 heavy (non-hydrogen) atoms. The molecule has 2 aliphatic carbocycles. The Balaban J connectivity index is 1.18. The molecule has 3 fully saturated rings. The van der Waals surface area contributed by atoms with E-state index in [-0.39, 0.29) is 23.7 Å². The number of fused-ring (bicyclic) bond motifs is 5. The number of aryl methyl sites for hydroxylation is 1. The second kappa shape index (κ2) is 10.4. The molecule has 3 saturated heterocycles. The molecule has 5 aliphatic rings. The minimum atomic E-state index is -0.887. The van der Waals surface area contributed by atoms with Crippen molar-refractivity contribution in [3.63, 3.8) is 0 Å². The van der Waals surface area contributed by atoms with Crippen LogP contribution in [-0.4, -0.2) is 87.0 Å². The number of nitrogens with two attached hydrogens (primary N) is 1. The van der Waals surface area contributed by atoms with Crippen LogP contribution in [0.1, 0.15) is 73.1 Å². The molecule has 5 unspecified atom stereocenters. The minimum absolute atomic E-state index is 0.0677. The third-order valence-corrected chi connectivity index (χ3v) is 11.5. The lowest BCUT2D eigenvalue weighted by Gasteiger charge is -2.55. The van der Waals surface area contributed by atoms with Gasteiger partial charge in [-0.05, 0) is 76.1 Å². The van der Waals surface area contributed by atoms with E-state index in [1.54, 1.807) is 6.20 Å². The summed E-state index contributed by atoms with van der Waals surface area (Å²) in [6, 6.07) is 6.28. The topological polar surface area (TPSA) is 153 Å². The molecule has 0 amide bonds. The normalized spacial score (nSPS) is 28.4. The van der Waals surface area contributed by atoms with Crippen LogP contribution in [0.3, 0.4) is 0 Å². The second-order valence-electron chi connectivity index (χ2n) is 14.2. The highest BCUT2D eigenvalue weighted by Crippen LogP contribution is 2.53. The van der Waals surface area contributed by atoms with Crippen LogP contribution in [0.5, 0.6) is 5.88 Å². The number of nitrogen functional groups attached to an aromatic ring is 1. The van der Waals surface area contributed by atoms with Gasteiger partial charge in [-0.3, -0.25) is 4.90 Å². The molecule has 1 aromatic carbocycles. The molecule has 9 rings (SSSR count). The molecule has 0 radical (unpaired) electrons. The van der Waals surface area contributed by atoms with Gasteiger partial charge in [0.15, 0.2) is 22.9 Å². The number of nitriles is 1. The van der Waals surface area contributed by atoms with Crippen LogP contribution < -0.4 is 15.8 Å². The van der Waals surface area contributed by atoms with Gasteiger partial charge in [0.25, 0.3) is 0 Å². The molecule has 3 aliphatic heterocycles. The molecule has 4 aromatic rings. The van der Waals surface area contributed by atoms with E-state index in [0.29, 0.717) is 65.9 Å². The van der Waals surface area contributed by atoms with Gasteiger partial charge in [-0.15, -0.1) is 0 Å². The van der Waals surface area contributed by atoms with Gasteiger partial charge in [0, 0.05) is 30.4 Å². The maximum atomic E-state index is 14.4. The van der Waals surface area contributed by atoms with E-state index in [0.717, 1.165) is 67.5 Å². The summed E-state index contributed by atoms with van der Waals surface area (Å²) in [6.07, 6.45) is 6.18. The predicted octanol–water partition coefficient (Wildman–Crippen LogP) is 3.62. The highest BCUT2D eigenvalue weighted by molar-refractivity contribution is 5.82. The number of halogens is 1. The van der Waals surface area contributed by atoms with Gasteiger partial charge in [0.05, 0.1) is 42.0 Å². The fourth-order valence-electron chi connectivity index (χ4n) is 9.01. The first-order valence-corrected chi connectivity index (χ1v) is 16.7. The Morgan fingerprint density at radius 1 is 1.21 bits per heavy atom. The van der Waals surface area contributed by atoms with Crippen molar-refractivity contribution in [3.05, 3.63) is 46.3 Å². The van der Waals surface area contributed by atoms with E-state index in [2.05, 4.69) is 22.6 Å². The van der Waals surface area contributed by atoms with Gasteiger partial charge in [-0.25, -0.2) is 14.1 Å². The number of hydrogen-bond acceptors (Lipinski definition) is 11. The van der Waals surface area contributed by atoms with E-state index >= 15 is 0 Å². The van der Waals surface area contributed by atoms with E-state index < -0.39 is 11.6 Å². The maximum absolute atomic E-state index is 14.4. The Morgan fingerprint density at radius 2 is 2.04 bits per heavy atom. The van der Waals surface area contributed by atoms with Gasteiger partial charge >= 0.3 is 0 Å². The SMILES string of the molecule is CC(Oc1nc(-c2noc3c2CCCC32CCCc3ccc(N)c(C#N)c32)nc2c1cnn2C1CNC12COC2)C1CC(F)CN1C. The Kier molecular flexibility index (Phi) is 6.45. The average molecular weight is 640 g/mol. The number of nitrogens with zero attached hydrogens (tertiary/aromatic N) is 7. The number of alkyl halides is 1. The molecule has 2 spiro atoms. The standard InChI is InChI=1S/C34H38FN9O3/c1-18(25-11-20(35)15-43(25)2)46-32-23-13-39-44(26-14-38-34(26)16-45-17-34)31(23)40-30(41-32)28-21-6-4-10-33(29(21)47-42-28)9-3-5-19-7-8-24(37)22(12-36)27(19)33/h7-8,13,18,20,25-26,38H,3-6,9-11,14-17,37H2,1-2H3. The van der Waals surface area contributed by atoms with Crippen LogP contribution in [0.15, 0.2) is 22.9 Å². The zero-order valence-electron chi connectivity index (χ0n) is 26.6. The predicted molar refractivity (Wildman–Crippen MR) is 170 cm³/mol. The lowest BCUT2D eigenvalue weighted by atomic mass is 9.61. The molecule has 5 atom stereocenters. The summed E-state index contributed by atoms with van der Waals surface area (Å²) in [4.78, 5) is 12.1. The Hall–Kier alpha value is -4.12. The molecular weight excluding hydrogens is 601 g/mol. The monoisotopic (exact) mass is 639 g/mol. The van der Waals surface area contributed by atoms with Crippen LogP contribution in [0.4, 0.5) is 10.1 Å². The van der Waals surface area contributed by atoms with Crippen LogP contribution in [-0.2, 0) is 23.0 Å². The Labute approximate surface area is 271 Å². The number of nitrogens with one attached hydrogen (secondary N) is 1. The maximum Gasteiger partial charge on any atom is 0.228 e. The van der Waals surface area contributed by atoms with Crippen molar-refractivity contribution < 1.29 is 18.4 Å². The number of aromatic nitrogens is 5. The summed E-state index contributed by atoms with van der Waals surface area (Å²) < 4.78 is 34.8. The summed E-state index contributed by atoms with van der Waals surface area (Å²) in [5, 5.41) is 23.9. The van der Waals surface area contributed by atoms with Gasteiger partial charge in [-0.2, -0.15) is 15.3 Å². The van der Waals surface area contributed by atoms with Crippen molar-refractivity contribution in [3.8, 4) is 23.5 Å². The zero-order chi connectivity index (χ0) is 32.1. The van der Waals surface area contributed by atoms with E-state index in [1.807, 2.05) is 29.6 Å². The fourth-order valence-corrected chi connectivity index (χ4v) is 9.01. The van der Waals surface area contributed by atoms with Crippen molar-refractivity contribution in [2.24, 2.45) is 0 Å². The van der Waals surface area contributed by atoms with Crippen molar-refractivity contribution in [2.75, 3.05) is 39.1 Å². The molecule has 12 nitrogen and oxygen atoms in total. The van der Waals surface area contributed by atoms with Gasteiger partial charge in [0.2, 0.25) is 5.88 Å². The van der Waals surface area contributed by atoms with Crippen molar-refractivity contribution in [2.45, 2.75) is 87.2 Å². The van der Waals surface area contributed by atoms with Crippen LogP contribution in [0.2, 0.25) is 0 Å². The summed E-state index contributed by atoms with van der Waals surface area (Å²) in [5.41, 5.74) is 11.1. The summed E-state index contributed by atoms with van der Waals surface area (Å²) in [7, 11) is 1.93. The zero-order valence-corrected chi connectivity index (χ0v) is 26.6. The molecule has 3 N–H and O–H groups in total. The van der Waals surface area contributed by atoms with Crippen molar-refractivity contribution in [1.29, 1.82) is 5.26 Å². The van der Waals surface area contributed by atoms with E-state index in [9.17, 15) is 9.65 Å². The summed E-state index contributed by atoms with van der Waals surface area (Å²) >= 11 is 0. The number of benzene rings is 1. The molecule has 6 heterocycles. The fraction of sp³-hybridized carbons (Fsp3) is 0.559. The highest BCUT2D eigenvalue weighted by atomic mass is 19.1. The molecule has 0 bridgehead atoms. The van der Waals surface area contributed by atoms with E-state index in [1.165, 1.54) is 0 Å². The van der Waals surface area contributed by atoms with E-state index in [4.69, 9.17) is 34.8 Å². The molecule has 13 heteroatoms. The quantitative estimate of drug-likeness (QED) is 0.308. The lowest BCUT2D eigenvalue weighted by molar-refractivity contribution is -0.139. The smallest absolute Gasteiger partial charge is 0.228 e. The third-order valence-electron chi connectivity index (χ3n) is 11.5. The van der Waals surface area contributed by atoms with Crippen molar-refractivity contribution >= 4 is 16.7 Å². The second-order valence-corrected chi connectivity index (χ2v) is 14.2. The number of likely N-dealkylation sites (N-methyl/N-ethyl adjacent to an activating group) is 1. The first-order valence-electron chi connectivity index (χ1n) is 16.7. The number of ether oxygens (including phenoxy) is 2. The van der Waals surface area contributed by atoms with Gasteiger partial charge < -0.3 is 25.0 Å². The minimum Gasteiger partial charge on any atom is -0.472 e. The van der Waals surface area contributed by atoms with Crippen LogP contribution in [0, 0.1) is 11.3 Å². The Morgan fingerprint density at radius 3 is 2.74 bits per heavy atom. The first-order chi connectivity index (χ1) is 22.8. The number of hydrogen-bond donors (Lipinski definition) is 2. The van der Waals surface area contributed by atoms with Crippen molar-refractivity contribution in [1.82, 2.24) is 35.1 Å². The molecule has 3 aromatic heterocycles. The number of likely N-dealkylation sites (tertiary alicyclic amines) is 1. The largest absolute Gasteiger partial charge is 0.472 e. The first kappa shape index (κ1) is 29.1. The lowest BCUT2D eigenvalue weighted by Crippen LogP contribution is -2.75. The third kappa shape index (κ3) is 4.14. The summed E-state index contributed by atoms with van der Waals surface area (Å²) in [5.74, 6) is 1.59. The number of rotatable bonds is 5. The van der Waals surface area contributed by atoms with Gasteiger partial charge in [-0.1, -0.05) is 11.2 Å². The molecule has 244 valence electrons. The average Bonchev–Trinajstić information content (AvgIpc) is 3.73. The number of anilines is 1.